The van der Waals surface area contributed by atoms with Gasteiger partial charge >= 0.3 is 0 Å². The lowest BCUT2D eigenvalue weighted by Gasteiger charge is -2.17. The first-order valence-corrected chi connectivity index (χ1v) is 9.39. The van der Waals surface area contributed by atoms with E-state index >= 15 is 0 Å². The molecule has 3 rings (SSSR count). The van der Waals surface area contributed by atoms with Gasteiger partial charge in [-0.05, 0) is 41.7 Å². The number of nitrogens with one attached hydrogen (secondary N) is 1. The van der Waals surface area contributed by atoms with Gasteiger partial charge in [0.25, 0.3) is 5.91 Å². The smallest absolute Gasteiger partial charge is 0.252 e. The van der Waals surface area contributed by atoms with Crippen LogP contribution in [0.25, 0.3) is 11.6 Å². The van der Waals surface area contributed by atoms with E-state index in [2.05, 4.69) is 36.5 Å². The third kappa shape index (κ3) is 4.95. The second kappa shape index (κ2) is 9.00. The van der Waals surface area contributed by atoms with Crippen molar-refractivity contribution in [2.75, 3.05) is 0 Å². The molecule has 0 heterocycles. The summed E-state index contributed by atoms with van der Waals surface area (Å²) >= 11 is 0. The molecule has 0 fully saturated rings. The summed E-state index contributed by atoms with van der Waals surface area (Å²) in [5, 5.41) is 3.15. The Bertz CT molecular complexity index is 896. The Labute approximate surface area is 161 Å². The van der Waals surface area contributed by atoms with Crippen LogP contribution in [0.4, 0.5) is 0 Å². The number of rotatable bonds is 6. The average Bonchev–Trinajstić information content (AvgIpc) is 2.73. The molecule has 3 aromatic rings. The molecule has 27 heavy (non-hydrogen) atoms. The third-order valence-electron chi connectivity index (χ3n) is 4.68. The summed E-state index contributed by atoms with van der Waals surface area (Å²) in [5.74, 6) is -0.0721. The normalized spacial score (nSPS) is 12.4. The SMILES string of the molecule is CCc1ccc([C@H](C)NC(=O)/C(=C/c2ccccc2)c2ccccc2)cc1. The topological polar surface area (TPSA) is 29.1 Å². The predicted molar refractivity (Wildman–Crippen MR) is 113 cm³/mol. The summed E-state index contributed by atoms with van der Waals surface area (Å²) in [6, 6.07) is 28.1. The Kier molecular flexibility index (Phi) is 6.22. The monoisotopic (exact) mass is 355 g/mol. The Morgan fingerprint density at radius 1 is 0.889 bits per heavy atom. The maximum absolute atomic E-state index is 13.1. The molecule has 2 nitrogen and oxygen atoms in total. The minimum atomic E-state index is -0.0721. The van der Waals surface area contributed by atoms with Crippen LogP contribution in [0, 0.1) is 0 Å². The molecular formula is C25H25NO. The minimum Gasteiger partial charge on any atom is -0.345 e. The van der Waals surface area contributed by atoms with Crippen molar-refractivity contribution in [1.29, 1.82) is 0 Å². The molecule has 1 N–H and O–H groups in total. The van der Waals surface area contributed by atoms with E-state index in [1.807, 2.05) is 73.7 Å². The van der Waals surface area contributed by atoms with E-state index in [-0.39, 0.29) is 11.9 Å². The molecule has 1 amide bonds. The van der Waals surface area contributed by atoms with Crippen molar-refractivity contribution in [2.24, 2.45) is 0 Å². The molecule has 0 radical (unpaired) electrons. The number of aryl methyl sites for hydroxylation is 1. The van der Waals surface area contributed by atoms with E-state index in [1.165, 1.54) is 5.56 Å². The van der Waals surface area contributed by atoms with Crippen molar-refractivity contribution < 1.29 is 4.79 Å². The van der Waals surface area contributed by atoms with Crippen LogP contribution in [0.15, 0.2) is 84.9 Å². The van der Waals surface area contributed by atoms with Gasteiger partial charge in [-0.25, -0.2) is 0 Å². The van der Waals surface area contributed by atoms with Crippen molar-refractivity contribution in [3.63, 3.8) is 0 Å². The van der Waals surface area contributed by atoms with Gasteiger partial charge in [0.1, 0.15) is 0 Å². The zero-order valence-corrected chi connectivity index (χ0v) is 15.9. The number of carbonyl (C=O) groups is 1. The molecule has 0 saturated heterocycles. The first-order chi connectivity index (χ1) is 13.2. The molecule has 2 heteroatoms. The van der Waals surface area contributed by atoms with E-state index < -0.39 is 0 Å². The lowest BCUT2D eigenvalue weighted by molar-refractivity contribution is -0.116. The lowest BCUT2D eigenvalue weighted by Crippen LogP contribution is -2.27. The summed E-state index contributed by atoms with van der Waals surface area (Å²) < 4.78 is 0. The molecule has 0 saturated carbocycles. The summed E-state index contributed by atoms with van der Waals surface area (Å²) in [6.07, 6.45) is 2.95. The average molecular weight is 355 g/mol. The van der Waals surface area contributed by atoms with Crippen LogP contribution < -0.4 is 5.32 Å². The Morgan fingerprint density at radius 3 is 2.07 bits per heavy atom. The van der Waals surface area contributed by atoms with E-state index in [0.717, 1.165) is 23.1 Å². The van der Waals surface area contributed by atoms with Gasteiger partial charge in [-0.1, -0.05) is 91.9 Å². The van der Waals surface area contributed by atoms with E-state index in [4.69, 9.17) is 0 Å². The summed E-state index contributed by atoms with van der Waals surface area (Å²) in [7, 11) is 0. The fraction of sp³-hybridized carbons (Fsp3) is 0.160. The highest BCUT2D eigenvalue weighted by atomic mass is 16.1. The zero-order chi connectivity index (χ0) is 19.1. The second-order valence-corrected chi connectivity index (χ2v) is 6.63. The molecular weight excluding hydrogens is 330 g/mol. The van der Waals surface area contributed by atoms with Crippen LogP contribution in [0.1, 0.15) is 42.1 Å². The standard InChI is InChI=1S/C25H25NO/c1-3-20-14-16-22(17-15-20)19(2)26-25(27)24(23-12-8-5-9-13-23)18-21-10-6-4-7-11-21/h4-19H,3H2,1-2H3,(H,26,27)/b24-18+/t19-/m0/s1. The van der Waals surface area contributed by atoms with Crippen LogP contribution in [0.3, 0.4) is 0 Å². The highest BCUT2D eigenvalue weighted by Crippen LogP contribution is 2.21. The highest BCUT2D eigenvalue weighted by molar-refractivity contribution is 6.24. The van der Waals surface area contributed by atoms with E-state index in [9.17, 15) is 4.79 Å². The van der Waals surface area contributed by atoms with Crippen molar-refractivity contribution >= 4 is 17.6 Å². The van der Waals surface area contributed by atoms with Gasteiger partial charge in [-0.2, -0.15) is 0 Å². The molecule has 3 aromatic carbocycles. The van der Waals surface area contributed by atoms with Crippen molar-refractivity contribution in [1.82, 2.24) is 5.32 Å². The van der Waals surface area contributed by atoms with Crippen molar-refractivity contribution in [2.45, 2.75) is 26.3 Å². The largest absolute Gasteiger partial charge is 0.345 e. The molecule has 0 bridgehead atoms. The maximum atomic E-state index is 13.1. The Balaban J connectivity index is 1.85. The molecule has 0 aromatic heterocycles. The molecule has 0 aliphatic carbocycles. The van der Waals surface area contributed by atoms with Gasteiger partial charge in [0.05, 0.1) is 6.04 Å². The van der Waals surface area contributed by atoms with Crippen LogP contribution >= 0.6 is 0 Å². The van der Waals surface area contributed by atoms with Gasteiger partial charge in [-0.15, -0.1) is 0 Å². The van der Waals surface area contributed by atoms with Crippen LogP contribution in [-0.4, -0.2) is 5.91 Å². The van der Waals surface area contributed by atoms with E-state index in [1.54, 1.807) is 0 Å². The van der Waals surface area contributed by atoms with Crippen molar-refractivity contribution in [3.05, 3.63) is 107 Å². The predicted octanol–water partition coefficient (Wildman–Crippen LogP) is 5.67. The fourth-order valence-electron chi connectivity index (χ4n) is 3.01. The third-order valence-corrected chi connectivity index (χ3v) is 4.68. The molecule has 136 valence electrons. The Hall–Kier alpha value is -3.13. The van der Waals surface area contributed by atoms with Crippen LogP contribution in [0.2, 0.25) is 0 Å². The zero-order valence-electron chi connectivity index (χ0n) is 15.9. The molecule has 0 aliphatic rings. The lowest BCUT2D eigenvalue weighted by atomic mass is 10.0. The van der Waals surface area contributed by atoms with Gasteiger partial charge in [0.15, 0.2) is 0 Å². The molecule has 0 unspecified atom stereocenters. The van der Waals surface area contributed by atoms with Crippen LogP contribution in [0.5, 0.6) is 0 Å². The number of amides is 1. The number of hydrogen-bond acceptors (Lipinski definition) is 1. The molecule has 0 spiro atoms. The summed E-state index contributed by atoms with van der Waals surface area (Å²) in [5.41, 5.74) is 4.98. The van der Waals surface area contributed by atoms with Gasteiger partial charge < -0.3 is 5.32 Å². The van der Waals surface area contributed by atoms with Gasteiger partial charge in [0.2, 0.25) is 0 Å². The van der Waals surface area contributed by atoms with Gasteiger partial charge in [-0.3, -0.25) is 4.79 Å². The minimum absolute atomic E-state index is 0.0636. The number of benzene rings is 3. The number of carbonyl (C=O) groups excluding carboxylic acids is 1. The quantitative estimate of drug-likeness (QED) is 0.448. The molecule has 0 aliphatic heterocycles. The second-order valence-electron chi connectivity index (χ2n) is 6.63. The van der Waals surface area contributed by atoms with E-state index in [0.29, 0.717) is 5.57 Å². The summed E-state index contributed by atoms with van der Waals surface area (Å²) in [4.78, 5) is 13.1. The van der Waals surface area contributed by atoms with Crippen LogP contribution in [-0.2, 0) is 11.2 Å². The first kappa shape index (κ1) is 18.7. The maximum Gasteiger partial charge on any atom is 0.252 e. The highest BCUT2D eigenvalue weighted by Gasteiger charge is 2.15. The fourth-order valence-corrected chi connectivity index (χ4v) is 3.01. The van der Waals surface area contributed by atoms with Crippen molar-refractivity contribution in [3.8, 4) is 0 Å². The number of hydrogen-bond donors (Lipinski definition) is 1. The Morgan fingerprint density at radius 2 is 1.48 bits per heavy atom. The molecule has 1 atom stereocenters. The summed E-state index contributed by atoms with van der Waals surface area (Å²) in [6.45, 7) is 4.16. The first-order valence-electron chi connectivity index (χ1n) is 9.39. The van der Waals surface area contributed by atoms with Gasteiger partial charge in [0, 0.05) is 5.57 Å².